The normalized spacial score (nSPS) is 22.8. The summed E-state index contributed by atoms with van der Waals surface area (Å²) in [5, 5.41) is 12.0. The minimum absolute atomic E-state index is 0.0977. The quantitative estimate of drug-likeness (QED) is 0.515. The highest BCUT2D eigenvalue weighted by Crippen LogP contribution is 2.40. The number of amides is 1. The first-order valence-corrected chi connectivity index (χ1v) is 11.7. The van der Waals surface area contributed by atoms with E-state index < -0.39 is 0 Å². The lowest BCUT2D eigenvalue weighted by Crippen LogP contribution is -2.57. The molecule has 7 nitrogen and oxygen atoms in total. The lowest BCUT2D eigenvalue weighted by molar-refractivity contribution is -0.384. The van der Waals surface area contributed by atoms with Gasteiger partial charge in [0.05, 0.1) is 10.8 Å². The Bertz CT molecular complexity index is 1040. The van der Waals surface area contributed by atoms with E-state index in [1.165, 1.54) is 0 Å². The van der Waals surface area contributed by atoms with Gasteiger partial charge in [0.2, 0.25) is 5.91 Å². The second-order valence-corrected chi connectivity index (χ2v) is 9.37. The maximum Gasteiger partial charge on any atom is 0.269 e. The predicted molar refractivity (Wildman–Crippen MR) is 126 cm³/mol. The molecular weight excluding hydrogens is 428 g/mol. The number of piperidine rings is 1. The number of carbonyl (C=O) groups excluding carboxylic acids is 1. The number of fused-ring (bicyclic) bond motifs is 3. The van der Waals surface area contributed by atoms with Gasteiger partial charge in [-0.15, -0.1) is 0 Å². The third-order valence-corrected chi connectivity index (χ3v) is 7.35. The van der Waals surface area contributed by atoms with Crippen molar-refractivity contribution in [2.24, 2.45) is 5.92 Å². The molecule has 2 atom stereocenters. The predicted octanol–water partition coefficient (Wildman–Crippen LogP) is 4.13. The zero-order valence-corrected chi connectivity index (χ0v) is 18.7. The summed E-state index contributed by atoms with van der Waals surface area (Å²) in [6.45, 7) is 3.80. The fourth-order valence-corrected chi connectivity index (χ4v) is 5.71. The molecule has 0 unspecified atom stereocenters. The molecule has 2 aromatic rings. The van der Waals surface area contributed by atoms with Crippen LogP contribution in [0.2, 0.25) is 5.02 Å². The standard InChI is InChI=1S/C24H27ClN4O3/c25-18-4-3-5-19(16-18)26-10-12-27(13-11-26)24(30)21-15-17-14-20(29(31)32)7-8-22(17)28-9-2-1-6-23(21)28/h3-5,7-8,14,16,21,23H,1-2,6,9-13,15H2/t21-,23-/m0/s1. The van der Waals surface area contributed by atoms with E-state index in [9.17, 15) is 14.9 Å². The molecule has 3 heterocycles. The Morgan fingerprint density at radius 1 is 1.03 bits per heavy atom. The number of benzene rings is 2. The maximum absolute atomic E-state index is 13.7. The highest BCUT2D eigenvalue weighted by Gasteiger charge is 2.42. The van der Waals surface area contributed by atoms with E-state index in [0.29, 0.717) is 24.5 Å². The Hall–Kier alpha value is -2.80. The van der Waals surface area contributed by atoms with Gasteiger partial charge in [-0.2, -0.15) is 0 Å². The van der Waals surface area contributed by atoms with Crippen molar-refractivity contribution in [3.63, 3.8) is 0 Å². The van der Waals surface area contributed by atoms with Gasteiger partial charge in [-0.1, -0.05) is 17.7 Å². The molecule has 32 heavy (non-hydrogen) atoms. The van der Waals surface area contributed by atoms with Gasteiger partial charge in [0, 0.05) is 67.3 Å². The summed E-state index contributed by atoms with van der Waals surface area (Å²) in [4.78, 5) is 31.2. The first kappa shape index (κ1) is 21.1. The van der Waals surface area contributed by atoms with Crippen LogP contribution in [-0.2, 0) is 11.2 Å². The number of nitro benzene ring substituents is 1. The fourth-order valence-electron chi connectivity index (χ4n) is 5.52. The second kappa shape index (κ2) is 8.62. The molecular formula is C24H27ClN4O3. The van der Waals surface area contributed by atoms with Gasteiger partial charge in [-0.05, 0) is 55.5 Å². The highest BCUT2D eigenvalue weighted by molar-refractivity contribution is 6.30. The summed E-state index contributed by atoms with van der Waals surface area (Å²) in [7, 11) is 0. The topological polar surface area (TPSA) is 69.9 Å². The molecule has 0 N–H and O–H groups in total. The number of rotatable bonds is 3. The fraction of sp³-hybridized carbons (Fsp3) is 0.458. The number of hydrogen-bond acceptors (Lipinski definition) is 5. The van der Waals surface area contributed by atoms with Gasteiger partial charge >= 0.3 is 0 Å². The van der Waals surface area contributed by atoms with Crippen molar-refractivity contribution in [2.45, 2.75) is 31.7 Å². The van der Waals surface area contributed by atoms with E-state index in [2.05, 4.69) is 9.80 Å². The van der Waals surface area contributed by atoms with Crippen LogP contribution in [-0.4, -0.2) is 54.5 Å². The van der Waals surface area contributed by atoms with Crippen LogP contribution in [0.5, 0.6) is 0 Å². The molecule has 1 amide bonds. The number of nitro groups is 1. The van der Waals surface area contributed by atoms with Crippen molar-refractivity contribution < 1.29 is 9.72 Å². The molecule has 3 aliphatic heterocycles. The molecule has 2 aromatic carbocycles. The summed E-state index contributed by atoms with van der Waals surface area (Å²) in [6.07, 6.45) is 3.78. The van der Waals surface area contributed by atoms with E-state index in [1.807, 2.05) is 35.2 Å². The molecule has 0 aliphatic carbocycles. The lowest BCUT2D eigenvalue weighted by Gasteiger charge is -2.47. The summed E-state index contributed by atoms with van der Waals surface area (Å²) in [5.74, 6) is 0.0346. The highest BCUT2D eigenvalue weighted by atomic mass is 35.5. The third-order valence-electron chi connectivity index (χ3n) is 7.12. The smallest absolute Gasteiger partial charge is 0.269 e. The van der Waals surface area contributed by atoms with Gasteiger partial charge in [-0.3, -0.25) is 14.9 Å². The van der Waals surface area contributed by atoms with Crippen molar-refractivity contribution in [2.75, 3.05) is 42.5 Å². The number of hydrogen-bond donors (Lipinski definition) is 0. The average molecular weight is 455 g/mol. The molecule has 0 radical (unpaired) electrons. The number of halogens is 1. The van der Waals surface area contributed by atoms with Crippen molar-refractivity contribution in [3.05, 3.63) is 63.2 Å². The average Bonchev–Trinajstić information content (AvgIpc) is 2.83. The molecule has 5 rings (SSSR count). The van der Waals surface area contributed by atoms with Gasteiger partial charge in [-0.25, -0.2) is 0 Å². The minimum atomic E-state index is -0.353. The zero-order valence-electron chi connectivity index (χ0n) is 18.0. The summed E-state index contributed by atoms with van der Waals surface area (Å²) in [6, 6.07) is 13.1. The molecule has 2 saturated heterocycles. The molecule has 168 valence electrons. The number of anilines is 2. The first-order valence-electron chi connectivity index (χ1n) is 11.3. The van der Waals surface area contributed by atoms with Crippen molar-refractivity contribution in [1.82, 2.24) is 4.90 Å². The van der Waals surface area contributed by atoms with Crippen LogP contribution >= 0.6 is 11.6 Å². The molecule has 0 bridgehead atoms. The number of nitrogens with zero attached hydrogens (tertiary/aromatic N) is 4. The van der Waals surface area contributed by atoms with Crippen LogP contribution in [0, 0.1) is 16.0 Å². The number of non-ortho nitro benzene ring substituents is 1. The Balaban J connectivity index is 1.34. The van der Waals surface area contributed by atoms with Gasteiger partial charge in [0.25, 0.3) is 5.69 Å². The van der Waals surface area contributed by atoms with E-state index in [-0.39, 0.29) is 28.5 Å². The van der Waals surface area contributed by atoms with E-state index in [4.69, 9.17) is 11.6 Å². The Morgan fingerprint density at radius 2 is 1.84 bits per heavy atom. The van der Waals surface area contributed by atoms with Crippen molar-refractivity contribution >= 4 is 34.6 Å². The monoisotopic (exact) mass is 454 g/mol. The lowest BCUT2D eigenvalue weighted by atomic mass is 9.80. The SMILES string of the molecule is O=C([C@H]1Cc2cc([N+](=O)[O-])ccc2N2CCCC[C@@H]12)N1CCN(c2cccc(Cl)c2)CC1. The van der Waals surface area contributed by atoms with Gasteiger partial charge in [0.15, 0.2) is 0 Å². The Morgan fingerprint density at radius 3 is 2.59 bits per heavy atom. The Labute approximate surface area is 192 Å². The third kappa shape index (κ3) is 3.90. The van der Waals surface area contributed by atoms with Gasteiger partial charge in [0.1, 0.15) is 0 Å². The van der Waals surface area contributed by atoms with Crippen LogP contribution in [0.15, 0.2) is 42.5 Å². The van der Waals surface area contributed by atoms with E-state index in [1.54, 1.807) is 12.1 Å². The molecule has 0 spiro atoms. The summed E-state index contributed by atoms with van der Waals surface area (Å²) < 4.78 is 0. The summed E-state index contributed by atoms with van der Waals surface area (Å²) >= 11 is 6.14. The molecule has 8 heteroatoms. The zero-order chi connectivity index (χ0) is 22.2. The minimum Gasteiger partial charge on any atom is -0.368 e. The first-order chi connectivity index (χ1) is 15.5. The molecule has 0 aromatic heterocycles. The van der Waals surface area contributed by atoms with Crippen LogP contribution in [0.4, 0.5) is 17.1 Å². The van der Waals surface area contributed by atoms with E-state index >= 15 is 0 Å². The van der Waals surface area contributed by atoms with Crippen LogP contribution in [0.25, 0.3) is 0 Å². The van der Waals surface area contributed by atoms with Crippen molar-refractivity contribution in [1.29, 1.82) is 0 Å². The van der Waals surface area contributed by atoms with Crippen LogP contribution in [0.3, 0.4) is 0 Å². The summed E-state index contributed by atoms with van der Waals surface area (Å²) in [5.41, 5.74) is 3.17. The van der Waals surface area contributed by atoms with Crippen molar-refractivity contribution in [3.8, 4) is 0 Å². The largest absolute Gasteiger partial charge is 0.368 e. The van der Waals surface area contributed by atoms with E-state index in [0.717, 1.165) is 55.8 Å². The number of piperazine rings is 1. The second-order valence-electron chi connectivity index (χ2n) is 8.93. The molecule has 3 aliphatic rings. The molecule has 2 fully saturated rings. The number of carbonyl (C=O) groups is 1. The van der Waals surface area contributed by atoms with Gasteiger partial charge < -0.3 is 14.7 Å². The van der Waals surface area contributed by atoms with Crippen LogP contribution in [0.1, 0.15) is 24.8 Å². The Kier molecular flexibility index (Phi) is 5.67. The maximum atomic E-state index is 13.7. The molecule has 0 saturated carbocycles. The van der Waals surface area contributed by atoms with Crippen LogP contribution < -0.4 is 9.80 Å².